The Labute approximate surface area is 161 Å². The first kappa shape index (κ1) is 18.0. The Morgan fingerprint density at radius 3 is 2.39 bits per heavy atom. The minimum Gasteiger partial charge on any atom is -0.454 e. The van der Waals surface area contributed by atoms with Crippen molar-refractivity contribution in [2.45, 2.75) is 4.90 Å². The Hall–Kier alpha value is -3.39. The molecule has 0 radical (unpaired) electrons. The van der Waals surface area contributed by atoms with Crippen LogP contribution in [0.1, 0.15) is 5.56 Å². The van der Waals surface area contributed by atoms with Crippen LogP contribution in [0.4, 0.5) is 10.1 Å². The Morgan fingerprint density at radius 1 is 0.929 bits per heavy atom. The van der Waals surface area contributed by atoms with Gasteiger partial charge in [-0.3, -0.25) is 4.99 Å². The van der Waals surface area contributed by atoms with E-state index >= 15 is 0 Å². The van der Waals surface area contributed by atoms with Gasteiger partial charge in [0.1, 0.15) is 16.5 Å². The number of aliphatic imine (C=N–C) groups is 1. The molecule has 1 aliphatic heterocycles. The molecule has 0 spiro atoms. The van der Waals surface area contributed by atoms with Crippen LogP contribution in [0.15, 0.2) is 76.6 Å². The molecule has 0 saturated heterocycles. The monoisotopic (exact) mass is 399 g/mol. The van der Waals surface area contributed by atoms with E-state index in [9.17, 15) is 12.8 Å². The molecule has 0 bridgehead atoms. The van der Waals surface area contributed by atoms with Crippen LogP contribution in [-0.4, -0.2) is 21.4 Å². The molecule has 142 valence electrons. The van der Waals surface area contributed by atoms with E-state index in [1.807, 2.05) is 12.1 Å². The summed E-state index contributed by atoms with van der Waals surface area (Å²) in [6.45, 7) is 0.207. The summed E-state index contributed by atoms with van der Waals surface area (Å²) in [5, 5.41) is 0. The van der Waals surface area contributed by atoms with Crippen LogP contribution < -0.4 is 13.7 Å². The average molecular weight is 399 g/mol. The van der Waals surface area contributed by atoms with E-state index in [0.29, 0.717) is 17.2 Å². The highest BCUT2D eigenvalue weighted by atomic mass is 32.2. The van der Waals surface area contributed by atoms with Crippen LogP contribution >= 0.6 is 0 Å². The largest absolute Gasteiger partial charge is 0.454 e. The Balaban J connectivity index is 1.45. The molecule has 6 nitrogen and oxygen atoms in total. The Kier molecular flexibility index (Phi) is 4.70. The fraction of sp³-hybridized carbons (Fsp3) is 0.0500. The lowest BCUT2D eigenvalue weighted by atomic mass is 10.2. The zero-order valence-corrected chi connectivity index (χ0v) is 15.2. The lowest BCUT2D eigenvalue weighted by Gasteiger charge is -2.07. The molecule has 1 aliphatic rings. The zero-order chi connectivity index (χ0) is 19.6. The number of rotatable bonds is 5. The number of hydrogen-bond donors (Lipinski definition) is 0. The molecule has 3 aromatic carbocycles. The first-order valence-corrected chi connectivity index (χ1v) is 9.64. The van der Waals surface area contributed by atoms with Crippen molar-refractivity contribution in [1.29, 1.82) is 0 Å². The van der Waals surface area contributed by atoms with Crippen molar-refractivity contribution < 1.29 is 26.5 Å². The summed E-state index contributed by atoms with van der Waals surface area (Å²) >= 11 is 0. The van der Waals surface area contributed by atoms with Crippen LogP contribution in [-0.2, 0) is 10.1 Å². The van der Waals surface area contributed by atoms with Crippen molar-refractivity contribution >= 4 is 22.0 Å². The highest BCUT2D eigenvalue weighted by Crippen LogP contribution is 2.32. The fourth-order valence-corrected chi connectivity index (χ4v) is 3.44. The molecule has 0 aromatic heterocycles. The SMILES string of the molecule is O=S(=O)(Oc1ccc(N=Cc2ccc3c(c2)OCO3)cc1)c1ccc(F)cc1. The normalized spacial score (nSPS) is 13.0. The molecule has 0 aliphatic carbocycles. The number of fused-ring (bicyclic) bond motifs is 1. The average Bonchev–Trinajstić information content (AvgIpc) is 3.15. The number of benzene rings is 3. The first-order chi connectivity index (χ1) is 13.5. The van der Waals surface area contributed by atoms with E-state index in [2.05, 4.69) is 4.99 Å². The van der Waals surface area contributed by atoms with Gasteiger partial charge in [0.05, 0.1) is 5.69 Å². The summed E-state index contributed by atoms with van der Waals surface area (Å²) in [5.74, 6) is 0.967. The van der Waals surface area contributed by atoms with E-state index in [-0.39, 0.29) is 17.4 Å². The van der Waals surface area contributed by atoms with Crippen molar-refractivity contribution in [3.8, 4) is 17.2 Å². The summed E-state index contributed by atoms with van der Waals surface area (Å²) in [5.41, 5.74) is 1.45. The fourth-order valence-electron chi connectivity index (χ4n) is 2.51. The van der Waals surface area contributed by atoms with E-state index in [1.54, 1.807) is 24.4 Å². The Morgan fingerprint density at radius 2 is 1.64 bits per heavy atom. The molecule has 28 heavy (non-hydrogen) atoms. The van der Waals surface area contributed by atoms with Crippen LogP contribution in [0, 0.1) is 5.82 Å². The molecule has 0 N–H and O–H groups in total. The van der Waals surface area contributed by atoms with E-state index < -0.39 is 15.9 Å². The molecular formula is C20H14FNO5S. The minimum atomic E-state index is -4.03. The van der Waals surface area contributed by atoms with Crippen LogP contribution in [0.3, 0.4) is 0 Å². The third-order valence-corrected chi connectivity index (χ3v) is 5.17. The Bertz CT molecular complexity index is 1130. The topological polar surface area (TPSA) is 74.2 Å². The van der Waals surface area contributed by atoms with Gasteiger partial charge in [0.25, 0.3) is 0 Å². The predicted octanol–water partition coefficient (Wildman–Crippen LogP) is 4.07. The van der Waals surface area contributed by atoms with E-state index in [4.69, 9.17) is 13.7 Å². The van der Waals surface area contributed by atoms with Gasteiger partial charge in [-0.05, 0) is 72.3 Å². The number of ether oxygens (including phenoxy) is 2. The van der Waals surface area contributed by atoms with Gasteiger partial charge in [0, 0.05) is 6.21 Å². The summed E-state index contributed by atoms with van der Waals surface area (Å²) in [7, 11) is -4.03. The van der Waals surface area contributed by atoms with Crippen LogP contribution in [0.5, 0.6) is 17.2 Å². The third-order valence-electron chi connectivity index (χ3n) is 3.90. The van der Waals surface area contributed by atoms with Crippen LogP contribution in [0.2, 0.25) is 0 Å². The molecule has 4 rings (SSSR count). The van der Waals surface area contributed by atoms with Crippen molar-refractivity contribution in [2.75, 3.05) is 6.79 Å². The highest BCUT2D eigenvalue weighted by Gasteiger charge is 2.16. The molecule has 1 heterocycles. The van der Waals surface area contributed by atoms with Crippen LogP contribution in [0.25, 0.3) is 0 Å². The predicted molar refractivity (Wildman–Crippen MR) is 100 cm³/mol. The van der Waals surface area contributed by atoms with Gasteiger partial charge in [-0.1, -0.05) is 0 Å². The second-order valence-corrected chi connectivity index (χ2v) is 7.40. The molecule has 8 heteroatoms. The van der Waals surface area contributed by atoms with Gasteiger partial charge in [-0.2, -0.15) is 8.42 Å². The molecule has 0 amide bonds. The summed E-state index contributed by atoms with van der Waals surface area (Å²) in [4.78, 5) is 4.21. The lowest BCUT2D eigenvalue weighted by Crippen LogP contribution is -2.09. The molecular weight excluding hydrogens is 385 g/mol. The second kappa shape index (κ2) is 7.32. The van der Waals surface area contributed by atoms with Crippen molar-refractivity contribution in [2.24, 2.45) is 4.99 Å². The zero-order valence-electron chi connectivity index (χ0n) is 14.4. The smallest absolute Gasteiger partial charge is 0.339 e. The minimum absolute atomic E-state index is 0.126. The standard InChI is InChI=1S/C20H14FNO5S/c21-15-2-8-18(9-3-15)28(23,24)27-17-6-4-16(5-7-17)22-12-14-1-10-19-20(11-14)26-13-25-19/h1-12H,13H2. The van der Waals surface area contributed by atoms with E-state index in [0.717, 1.165) is 29.8 Å². The molecule has 0 saturated carbocycles. The molecule has 0 unspecified atom stereocenters. The molecule has 3 aromatic rings. The van der Waals surface area contributed by atoms with E-state index in [1.165, 1.54) is 12.1 Å². The quantitative estimate of drug-likeness (QED) is 0.478. The summed E-state index contributed by atoms with van der Waals surface area (Å²) in [6, 6.07) is 16.1. The number of halogens is 1. The summed E-state index contributed by atoms with van der Waals surface area (Å²) < 4.78 is 53.0. The van der Waals surface area contributed by atoms with Gasteiger partial charge in [-0.25, -0.2) is 4.39 Å². The lowest BCUT2D eigenvalue weighted by molar-refractivity contribution is 0.174. The maximum Gasteiger partial charge on any atom is 0.339 e. The van der Waals surface area contributed by atoms with Gasteiger partial charge < -0.3 is 13.7 Å². The molecule has 0 atom stereocenters. The number of nitrogens with zero attached hydrogens (tertiary/aromatic N) is 1. The first-order valence-electron chi connectivity index (χ1n) is 8.23. The maximum absolute atomic E-state index is 12.9. The van der Waals surface area contributed by atoms with Crippen molar-refractivity contribution in [1.82, 2.24) is 0 Å². The van der Waals surface area contributed by atoms with Gasteiger partial charge in [0.2, 0.25) is 6.79 Å². The van der Waals surface area contributed by atoms with Crippen molar-refractivity contribution in [3.63, 3.8) is 0 Å². The highest BCUT2D eigenvalue weighted by molar-refractivity contribution is 7.87. The van der Waals surface area contributed by atoms with Crippen molar-refractivity contribution in [3.05, 3.63) is 78.1 Å². The second-order valence-electron chi connectivity index (χ2n) is 5.86. The van der Waals surface area contributed by atoms with Gasteiger partial charge in [-0.15, -0.1) is 0 Å². The summed E-state index contributed by atoms with van der Waals surface area (Å²) in [6.07, 6.45) is 1.66. The third kappa shape index (κ3) is 3.96. The number of hydrogen-bond acceptors (Lipinski definition) is 6. The maximum atomic E-state index is 12.9. The molecule has 0 fully saturated rings. The van der Waals surface area contributed by atoms with Gasteiger partial charge in [0.15, 0.2) is 11.5 Å². The van der Waals surface area contributed by atoms with Gasteiger partial charge >= 0.3 is 10.1 Å².